The average molecular weight is 194 g/mol. The lowest BCUT2D eigenvalue weighted by atomic mass is 9.87. The van der Waals surface area contributed by atoms with Gasteiger partial charge in [0.1, 0.15) is 11.5 Å². The van der Waals surface area contributed by atoms with Crippen LogP contribution in [-0.2, 0) is 0 Å². The Hall–Kier alpha value is -1.18. The zero-order valence-corrected chi connectivity index (χ0v) is 8.99. The second-order valence-corrected chi connectivity index (χ2v) is 3.92. The van der Waals surface area contributed by atoms with Crippen molar-refractivity contribution in [3.05, 3.63) is 23.8 Å². The van der Waals surface area contributed by atoms with E-state index in [4.69, 9.17) is 5.11 Å². The van der Waals surface area contributed by atoms with Crippen LogP contribution in [0.5, 0.6) is 11.5 Å². The Bertz CT molecular complexity index is 307. The van der Waals surface area contributed by atoms with Gasteiger partial charge in [0.05, 0.1) is 0 Å². The molecule has 0 saturated carbocycles. The molecule has 0 amide bonds. The SMILES string of the molecule is CCC(C)C(C)c1ccc(O)cc1O. The van der Waals surface area contributed by atoms with Crippen LogP contribution in [0.4, 0.5) is 0 Å². The molecular weight excluding hydrogens is 176 g/mol. The molecule has 2 N–H and O–H groups in total. The first-order valence-electron chi connectivity index (χ1n) is 5.08. The summed E-state index contributed by atoms with van der Waals surface area (Å²) in [5.74, 6) is 1.16. The Kier molecular flexibility index (Phi) is 3.39. The Morgan fingerprint density at radius 3 is 2.36 bits per heavy atom. The van der Waals surface area contributed by atoms with E-state index in [1.807, 2.05) is 0 Å². The van der Waals surface area contributed by atoms with E-state index in [1.54, 1.807) is 12.1 Å². The summed E-state index contributed by atoms with van der Waals surface area (Å²) in [4.78, 5) is 0. The van der Waals surface area contributed by atoms with Crippen LogP contribution < -0.4 is 0 Å². The minimum absolute atomic E-state index is 0.114. The van der Waals surface area contributed by atoms with Crippen molar-refractivity contribution in [1.82, 2.24) is 0 Å². The molecule has 2 heteroatoms. The third-order valence-corrected chi connectivity index (χ3v) is 3.00. The fraction of sp³-hybridized carbons (Fsp3) is 0.500. The van der Waals surface area contributed by atoms with Crippen LogP contribution in [0.2, 0.25) is 0 Å². The van der Waals surface area contributed by atoms with E-state index in [1.165, 1.54) is 6.07 Å². The van der Waals surface area contributed by atoms with Gasteiger partial charge in [-0.25, -0.2) is 0 Å². The Balaban J connectivity index is 2.95. The maximum atomic E-state index is 9.65. The van der Waals surface area contributed by atoms with Gasteiger partial charge in [-0.15, -0.1) is 0 Å². The molecule has 1 rings (SSSR count). The van der Waals surface area contributed by atoms with Gasteiger partial charge in [0.25, 0.3) is 0 Å². The van der Waals surface area contributed by atoms with Crippen LogP contribution >= 0.6 is 0 Å². The van der Waals surface area contributed by atoms with Crippen LogP contribution in [0.15, 0.2) is 18.2 Å². The van der Waals surface area contributed by atoms with Crippen LogP contribution in [-0.4, -0.2) is 10.2 Å². The quantitative estimate of drug-likeness (QED) is 0.775. The Morgan fingerprint density at radius 2 is 1.86 bits per heavy atom. The fourth-order valence-corrected chi connectivity index (χ4v) is 1.58. The summed E-state index contributed by atoms with van der Waals surface area (Å²) in [6.45, 7) is 6.40. The van der Waals surface area contributed by atoms with E-state index in [0.29, 0.717) is 11.8 Å². The van der Waals surface area contributed by atoms with Gasteiger partial charge in [0.2, 0.25) is 0 Å². The number of phenols is 2. The number of aromatic hydroxyl groups is 2. The Morgan fingerprint density at radius 1 is 1.21 bits per heavy atom. The summed E-state index contributed by atoms with van der Waals surface area (Å²) in [7, 11) is 0. The maximum Gasteiger partial charge on any atom is 0.122 e. The van der Waals surface area contributed by atoms with Gasteiger partial charge in [-0.3, -0.25) is 0 Å². The molecule has 0 heterocycles. The van der Waals surface area contributed by atoms with E-state index in [-0.39, 0.29) is 11.5 Å². The molecule has 2 nitrogen and oxygen atoms in total. The summed E-state index contributed by atoms with van der Waals surface area (Å²) in [6, 6.07) is 4.81. The smallest absolute Gasteiger partial charge is 0.122 e. The number of hydrogen-bond acceptors (Lipinski definition) is 2. The molecule has 2 unspecified atom stereocenters. The van der Waals surface area contributed by atoms with E-state index in [2.05, 4.69) is 20.8 Å². The highest BCUT2D eigenvalue weighted by Gasteiger charge is 2.16. The summed E-state index contributed by atoms with van der Waals surface area (Å²) >= 11 is 0. The minimum Gasteiger partial charge on any atom is -0.508 e. The lowest BCUT2D eigenvalue weighted by Gasteiger charge is -2.19. The molecule has 0 aromatic heterocycles. The van der Waals surface area contributed by atoms with Gasteiger partial charge in [-0.2, -0.15) is 0 Å². The van der Waals surface area contributed by atoms with E-state index < -0.39 is 0 Å². The lowest BCUT2D eigenvalue weighted by molar-refractivity contribution is 0.419. The summed E-state index contributed by atoms with van der Waals surface area (Å²) < 4.78 is 0. The molecule has 0 aliphatic carbocycles. The third kappa shape index (κ3) is 2.19. The van der Waals surface area contributed by atoms with Crippen LogP contribution in [0, 0.1) is 5.92 Å². The minimum atomic E-state index is 0.114. The average Bonchev–Trinajstić information content (AvgIpc) is 2.15. The van der Waals surface area contributed by atoms with Crippen LogP contribution in [0.3, 0.4) is 0 Å². The van der Waals surface area contributed by atoms with Crippen molar-refractivity contribution in [3.8, 4) is 11.5 Å². The van der Waals surface area contributed by atoms with Gasteiger partial charge in [-0.1, -0.05) is 33.3 Å². The molecule has 2 atom stereocenters. The number of hydrogen-bond donors (Lipinski definition) is 2. The molecule has 0 radical (unpaired) electrons. The van der Waals surface area contributed by atoms with E-state index in [0.717, 1.165) is 12.0 Å². The van der Waals surface area contributed by atoms with Gasteiger partial charge in [0.15, 0.2) is 0 Å². The topological polar surface area (TPSA) is 40.5 Å². The molecule has 0 aliphatic rings. The first-order valence-corrected chi connectivity index (χ1v) is 5.08. The van der Waals surface area contributed by atoms with Crippen molar-refractivity contribution in [2.45, 2.75) is 33.1 Å². The van der Waals surface area contributed by atoms with Crippen molar-refractivity contribution >= 4 is 0 Å². The summed E-state index contributed by atoms with van der Waals surface area (Å²) in [5.41, 5.74) is 0.914. The number of phenolic OH excluding ortho intramolecular Hbond substituents is 2. The molecule has 0 spiro atoms. The predicted octanol–water partition coefficient (Wildman–Crippen LogP) is 3.25. The standard InChI is InChI=1S/C12H18O2/c1-4-8(2)9(3)11-6-5-10(13)7-12(11)14/h5-9,13-14H,4H2,1-3H3. The maximum absolute atomic E-state index is 9.65. The summed E-state index contributed by atoms with van der Waals surface area (Å²) in [6.07, 6.45) is 1.08. The molecule has 1 aromatic rings. The highest BCUT2D eigenvalue weighted by Crippen LogP contribution is 2.34. The number of benzene rings is 1. The zero-order chi connectivity index (χ0) is 10.7. The normalized spacial score (nSPS) is 15.1. The molecule has 14 heavy (non-hydrogen) atoms. The molecule has 0 fully saturated rings. The molecular formula is C12H18O2. The van der Waals surface area contributed by atoms with Crippen molar-refractivity contribution in [2.75, 3.05) is 0 Å². The second-order valence-electron chi connectivity index (χ2n) is 3.92. The predicted molar refractivity (Wildman–Crippen MR) is 57.6 cm³/mol. The molecule has 1 aromatic carbocycles. The highest BCUT2D eigenvalue weighted by atomic mass is 16.3. The monoisotopic (exact) mass is 194 g/mol. The zero-order valence-electron chi connectivity index (χ0n) is 8.99. The Labute approximate surface area is 85.2 Å². The first-order chi connectivity index (χ1) is 6.56. The molecule has 78 valence electrons. The van der Waals surface area contributed by atoms with Gasteiger partial charge < -0.3 is 10.2 Å². The number of rotatable bonds is 3. The van der Waals surface area contributed by atoms with Crippen molar-refractivity contribution < 1.29 is 10.2 Å². The molecule has 0 aliphatic heterocycles. The molecule has 0 saturated heterocycles. The van der Waals surface area contributed by atoms with Crippen molar-refractivity contribution in [1.29, 1.82) is 0 Å². The van der Waals surface area contributed by atoms with Crippen molar-refractivity contribution in [3.63, 3.8) is 0 Å². The van der Waals surface area contributed by atoms with Crippen LogP contribution in [0.1, 0.15) is 38.7 Å². The van der Waals surface area contributed by atoms with Gasteiger partial charge in [-0.05, 0) is 23.5 Å². The third-order valence-electron chi connectivity index (χ3n) is 3.00. The van der Waals surface area contributed by atoms with E-state index >= 15 is 0 Å². The largest absolute Gasteiger partial charge is 0.508 e. The molecule has 0 bridgehead atoms. The fourth-order valence-electron chi connectivity index (χ4n) is 1.58. The van der Waals surface area contributed by atoms with Crippen molar-refractivity contribution in [2.24, 2.45) is 5.92 Å². The lowest BCUT2D eigenvalue weighted by Crippen LogP contribution is -2.04. The first kappa shape index (κ1) is 10.9. The van der Waals surface area contributed by atoms with Gasteiger partial charge in [0, 0.05) is 6.07 Å². The second kappa shape index (κ2) is 4.36. The van der Waals surface area contributed by atoms with Gasteiger partial charge >= 0.3 is 0 Å². The summed E-state index contributed by atoms with van der Waals surface area (Å²) in [5, 5.41) is 18.8. The highest BCUT2D eigenvalue weighted by molar-refractivity contribution is 5.40. The van der Waals surface area contributed by atoms with E-state index in [9.17, 15) is 5.11 Å². The van der Waals surface area contributed by atoms with Crippen LogP contribution in [0.25, 0.3) is 0 Å².